The number of rotatable bonds is 3. The zero-order chi connectivity index (χ0) is 9.28. The zero-order valence-corrected chi connectivity index (χ0v) is 6.80. The Bertz CT molecular complexity index is 163. The van der Waals surface area contributed by atoms with Crippen molar-refractivity contribution in [1.82, 2.24) is 4.91 Å². The van der Waals surface area contributed by atoms with E-state index in [0.29, 0.717) is 0 Å². The van der Waals surface area contributed by atoms with Crippen LogP contribution in [-0.2, 0) is 9.59 Å². The highest BCUT2D eigenvalue weighted by atomic mass is 35.5. The Morgan fingerprint density at radius 2 is 1.25 bits per heavy atom. The number of nitrogens with one attached hydrogen (secondary N) is 2. The van der Waals surface area contributed by atoms with Crippen molar-refractivity contribution in [2.75, 3.05) is 0 Å². The highest BCUT2D eigenvalue weighted by Crippen LogP contribution is 1.85. The summed E-state index contributed by atoms with van der Waals surface area (Å²) in [5.74, 6) is -2.15. The van der Waals surface area contributed by atoms with Gasteiger partial charge in [-0.15, -0.1) is 12.4 Å². The van der Waals surface area contributed by atoms with E-state index in [-0.39, 0.29) is 25.2 Å². The first kappa shape index (κ1) is 16.9. The number of carbonyl (C=O) groups is 2. The Balaban J connectivity index is -0.000000177. The predicted octanol–water partition coefficient (Wildman–Crippen LogP) is 0.473. The van der Waals surface area contributed by atoms with Crippen LogP contribution >= 0.6 is 12.4 Å². The smallest absolute Gasteiger partial charge is 0.303 e. The Labute approximate surface area is 73.8 Å². The molecule has 0 aliphatic carbocycles. The second kappa shape index (κ2) is 12.2. The Morgan fingerprint density at radius 3 is 1.33 bits per heavy atom. The minimum atomic E-state index is -1.08. The summed E-state index contributed by atoms with van der Waals surface area (Å²) >= 11 is 0. The number of hydrogen-bond donors (Lipinski definition) is 4. The van der Waals surface area contributed by atoms with Gasteiger partial charge in [0.1, 0.15) is 11.1 Å². The van der Waals surface area contributed by atoms with Gasteiger partial charge in [0.05, 0.1) is 12.8 Å². The number of hydrogen-bond acceptors (Lipinski definition) is 4. The van der Waals surface area contributed by atoms with E-state index in [1.54, 1.807) is 0 Å². The van der Waals surface area contributed by atoms with Crippen LogP contribution < -0.4 is 4.91 Å². The van der Waals surface area contributed by atoms with E-state index >= 15 is 0 Å². The molecule has 0 saturated heterocycles. The zero-order valence-electron chi connectivity index (χ0n) is 5.98. The van der Waals surface area contributed by atoms with Gasteiger partial charge in [-0.1, -0.05) is 0 Å². The topological polar surface area (TPSA) is 136 Å². The van der Waals surface area contributed by atoms with Gasteiger partial charge < -0.3 is 10.2 Å². The lowest BCUT2D eigenvalue weighted by atomic mass is 10.3. The largest absolute Gasteiger partial charge is 0.481 e. The van der Waals surface area contributed by atoms with Crippen molar-refractivity contribution in [2.45, 2.75) is 12.8 Å². The summed E-state index contributed by atoms with van der Waals surface area (Å²) in [7, 11) is 0. The summed E-state index contributed by atoms with van der Waals surface area (Å²) in [5, 5.41) is 15.8. The standard InChI is InChI=1S/C4H6O4.ClH.H2N3/c5-3(6)1-2-4(7)8;;1-3-2/h1-2H2,(H,5,6)(H,7,8);1H;1-2H/q;;+1. The minimum Gasteiger partial charge on any atom is -0.481 e. The van der Waals surface area contributed by atoms with Crippen LogP contribution in [0.25, 0.3) is 0 Å². The lowest BCUT2D eigenvalue weighted by Gasteiger charge is -1.85. The van der Waals surface area contributed by atoms with E-state index in [1.807, 2.05) is 4.91 Å². The molecule has 0 rings (SSSR count). The molecule has 0 amide bonds. The molecule has 0 heterocycles. The van der Waals surface area contributed by atoms with Gasteiger partial charge in [-0.05, 0) is 0 Å². The SMILES string of the molecule is Cl.N=[N+]=N.O=C(O)CCC(=O)O. The van der Waals surface area contributed by atoms with Gasteiger partial charge in [0.25, 0.3) is 0 Å². The van der Waals surface area contributed by atoms with Gasteiger partial charge in [-0.2, -0.15) is 0 Å². The number of carboxylic acids is 2. The molecule has 0 aromatic carbocycles. The Hall–Kier alpha value is -1.46. The molecule has 0 aromatic rings. The first-order valence-corrected chi connectivity index (χ1v) is 2.51. The average molecular weight is 199 g/mol. The number of carboxylic acid groups (broad SMARTS) is 2. The van der Waals surface area contributed by atoms with Crippen molar-refractivity contribution in [1.29, 1.82) is 11.1 Å². The van der Waals surface area contributed by atoms with Gasteiger partial charge in [0.2, 0.25) is 4.91 Å². The monoisotopic (exact) mass is 198 g/mol. The third-order valence-corrected chi connectivity index (χ3v) is 0.553. The third kappa shape index (κ3) is 38.7. The summed E-state index contributed by atoms with van der Waals surface area (Å²) in [4.78, 5) is 21.3. The molecule has 4 N–H and O–H groups in total. The van der Waals surface area contributed by atoms with E-state index in [2.05, 4.69) is 0 Å². The van der Waals surface area contributed by atoms with E-state index in [0.717, 1.165) is 0 Å². The molecule has 0 aliphatic heterocycles. The van der Waals surface area contributed by atoms with Gasteiger partial charge in [-0.3, -0.25) is 9.59 Å². The van der Waals surface area contributed by atoms with Gasteiger partial charge in [0, 0.05) is 0 Å². The second-order valence-electron chi connectivity index (χ2n) is 1.40. The fourth-order valence-electron chi connectivity index (χ4n) is 0.214. The van der Waals surface area contributed by atoms with Crippen molar-refractivity contribution in [3.8, 4) is 0 Å². The summed E-state index contributed by atoms with van der Waals surface area (Å²) in [5.41, 5.74) is 11.0. The molecule has 0 spiro atoms. The molecule has 0 atom stereocenters. The molecular formula is C4H9ClN3O4+. The number of aliphatic carboxylic acids is 2. The molecule has 0 unspecified atom stereocenters. The molecule has 0 radical (unpaired) electrons. The maximum Gasteiger partial charge on any atom is 0.303 e. The molecule has 0 fully saturated rings. The van der Waals surface area contributed by atoms with E-state index in [1.165, 1.54) is 0 Å². The van der Waals surface area contributed by atoms with Crippen molar-refractivity contribution in [2.24, 2.45) is 0 Å². The van der Waals surface area contributed by atoms with Crippen LogP contribution in [0.4, 0.5) is 0 Å². The summed E-state index contributed by atoms with van der Waals surface area (Å²) in [6, 6.07) is 0. The third-order valence-electron chi connectivity index (χ3n) is 0.553. The van der Waals surface area contributed by atoms with Crippen molar-refractivity contribution in [3.05, 3.63) is 0 Å². The summed E-state index contributed by atoms with van der Waals surface area (Å²) < 4.78 is 0. The lowest BCUT2D eigenvalue weighted by Crippen LogP contribution is -2.00. The summed E-state index contributed by atoms with van der Waals surface area (Å²) in [6.07, 6.45) is -0.593. The highest BCUT2D eigenvalue weighted by Gasteiger charge is 2.00. The highest BCUT2D eigenvalue weighted by molar-refractivity contribution is 5.85. The maximum atomic E-state index is 9.64. The molecule has 0 aromatic heterocycles. The summed E-state index contributed by atoms with van der Waals surface area (Å²) in [6.45, 7) is 0. The molecule has 0 bridgehead atoms. The maximum absolute atomic E-state index is 9.64. The molecule has 8 heteroatoms. The predicted molar refractivity (Wildman–Crippen MR) is 39.3 cm³/mol. The fourth-order valence-corrected chi connectivity index (χ4v) is 0.214. The van der Waals surface area contributed by atoms with Gasteiger partial charge in [-0.25, -0.2) is 0 Å². The molecule has 70 valence electrons. The fraction of sp³-hybridized carbons (Fsp3) is 0.500. The van der Waals surface area contributed by atoms with Crippen molar-refractivity contribution < 1.29 is 19.8 Å². The van der Waals surface area contributed by atoms with E-state index in [9.17, 15) is 9.59 Å². The average Bonchev–Trinajstić information content (AvgIpc) is 1.85. The first-order chi connectivity index (χ1) is 5.04. The van der Waals surface area contributed by atoms with Crippen LogP contribution in [0.15, 0.2) is 0 Å². The minimum absolute atomic E-state index is 0. The van der Waals surface area contributed by atoms with Gasteiger partial charge in [0.15, 0.2) is 0 Å². The van der Waals surface area contributed by atoms with E-state index < -0.39 is 11.9 Å². The first-order valence-electron chi connectivity index (χ1n) is 2.51. The van der Waals surface area contributed by atoms with Crippen LogP contribution in [-0.4, -0.2) is 22.2 Å². The van der Waals surface area contributed by atoms with Gasteiger partial charge >= 0.3 is 11.9 Å². The Kier molecular flexibility index (Phi) is 17.2. The van der Waals surface area contributed by atoms with Crippen LogP contribution in [0, 0.1) is 11.1 Å². The quantitative estimate of drug-likeness (QED) is 0.387. The van der Waals surface area contributed by atoms with Crippen molar-refractivity contribution in [3.63, 3.8) is 0 Å². The molecule has 0 aliphatic rings. The Morgan fingerprint density at radius 1 is 1.08 bits per heavy atom. The van der Waals surface area contributed by atoms with Crippen LogP contribution in [0.5, 0.6) is 0 Å². The van der Waals surface area contributed by atoms with Crippen LogP contribution in [0.1, 0.15) is 12.8 Å². The number of halogens is 1. The molecule has 0 saturated carbocycles. The molecule has 12 heavy (non-hydrogen) atoms. The van der Waals surface area contributed by atoms with E-state index in [4.69, 9.17) is 21.3 Å². The van der Waals surface area contributed by atoms with Crippen LogP contribution in [0.3, 0.4) is 0 Å². The molecule has 7 nitrogen and oxygen atoms in total. The van der Waals surface area contributed by atoms with Crippen LogP contribution in [0.2, 0.25) is 0 Å². The number of nitrogens with zero attached hydrogens (tertiary/aromatic N) is 1. The normalized spacial score (nSPS) is 6.33. The second-order valence-corrected chi connectivity index (χ2v) is 1.40. The molecular weight excluding hydrogens is 190 g/mol. The lowest BCUT2D eigenvalue weighted by molar-refractivity contribution is -0.143. The van der Waals surface area contributed by atoms with Crippen molar-refractivity contribution >= 4 is 24.3 Å².